The molecule has 0 aliphatic heterocycles. The Kier molecular flexibility index (Phi) is 5.35. The fourth-order valence-electron chi connectivity index (χ4n) is 2.06. The second-order valence-electron chi connectivity index (χ2n) is 6.60. The first-order valence-electron chi connectivity index (χ1n) is 7.86. The molecule has 0 aromatic heterocycles. The number of amides is 1. The average molecular weight is 345 g/mol. The molecule has 2 aromatic carbocycles. The van der Waals surface area contributed by atoms with Gasteiger partial charge in [0, 0.05) is 38.9 Å². The van der Waals surface area contributed by atoms with Gasteiger partial charge in [-0.2, -0.15) is 0 Å². The van der Waals surface area contributed by atoms with Gasteiger partial charge in [-0.05, 0) is 48.5 Å². The molecule has 3 N–H and O–H groups in total. The maximum Gasteiger partial charge on any atom is 0.255 e. The molecule has 6 heteroatoms. The Morgan fingerprint density at radius 3 is 1.60 bits per heavy atom. The van der Waals surface area contributed by atoms with Crippen molar-refractivity contribution >= 4 is 11.6 Å². The summed E-state index contributed by atoms with van der Waals surface area (Å²) in [4.78, 5) is 12.3. The minimum Gasteiger partial charge on any atom is -0.463 e. The Hall–Kier alpha value is -2.57. The van der Waals surface area contributed by atoms with Crippen LogP contribution >= 0.6 is 0 Å². The quantitative estimate of drug-likeness (QED) is 0.700. The first-order chi connectivity index (χ1) is 11.5. The number of aliphatic hydroxyl groups is 2. The predicted molar refractivity (Wildman–Crippen MR) is 94.7 cm³/mol. The number of carbonyl (C=O) groups is 1. The third-order valence-corrected chi connectivity index (χ3v) is 2.96. The molecule has 2 rings (SSSR count). The topological polar surface area (TPSA) is 88.0 Å². The molecule has 6 nitrogen and oxygen atoms in total. The van der Waals surface area contributed by atoms with Crippen molar-refractivity contribution in [2.75, 3.05) is 5.32 Å². The molecule has 0 saturated carbocycles. The van der Waals surface area contributed by atoms with E-state index in [0.717, 1.165) is 0 Å². The number of hydrogen-bond donors (Lipinski definition) is 3. The Labute approximate surface area is 147 Å². The smallest absolute Gasteiger partial charge is 0.255 e. The van der Waals surface area contributed by atoms with Crippen LogP contribution < -0.4 is 14.8 Å². The highest BCUT2D eigenvalue weighted by atomic mass is 16.6. The van der Waals surface area contributed by atoms with Crippen LogP contribution in [0.15, 0.2) is 48.5 Å². The van der Waals surface area contributed by atoms with Gasteiger partial charge in [0.15, 0.2) is 0 Å². The molecule has 2 aromatic rings. The molecule has 25 heavy (non-hydrogen) atoms. The highest BCUT2D eigenvalue weighted by molar-refractivity contribution is 6.04. The van der Waals surface area contributed by atoms with E-state index in [4.69, 9.17) is 9.47 Å². The van der Waals surface area contributed by atoms with Crippen LogP contribution in [0.4, 0.5) is 5.69 Å². The second kappa shape index (κ2) is 7.13. The number of anilines is 1. The second-order valence-corrected chi connectivity index (χ2v) is 6.60. The fraction of sp³-hybridized carbons (Fsp3) is 0.316. The van der Waals surface area contributed by atoms with E-state index in [1.165, 1.54) is 27.7 Å². The van der Waals surface area contributed by atoms with Crippen molar-refractivity contribution in [2.45, 2.75) is 39.3 Å². The summed E-state index contributed by atoms with van der Waals surface area (Å²) in [5.74, 6) is -1.85. The maximum atomic E-state index is 12.3. The van der Waals surface area contributed by atoms with Gasteiger partial charge in [-0.3, -0.25) is 4.79 Å². The molecule has 0 unspecified atom stereocenters. The zero-order valence-corrected chi connectivity index (χ0v) is 14.7. The van der Waals surface area contributed by atoms with Crippen molar-refractivity contribution in [3.63, 3.8) is 0 Å². The lowest BCUT2D eigenvalue weighted by Crippen LogP contribution is -2.27. The Bertz CT molecular complexity index is 709. The third kappa shape index (κ3) is 6.45. The Balaban J connectivity index is 1.99. The lowest BCUT2D eigenvalue weighted by molar-refractivity contribution is -0.105. The van der Waals surface area contributed by atoms with Gasteiger partial charge in [0.25, 0.3) is 5.91 Å². The SMILES string of the molecule is CC(C)(O)Oc1ccc(NC(=O)c2ccc(OC(C)(C)O)cc2)cc1. The van der Waals surface area contributed by atoms with Crippen molar-refractivity contribution in [2.24, 2.45) is 0 Å². The monoisotopic (exact) mass is 345 g/mol. The van der Waals surface area contributed by atoms with Crippen molar-refractivity contribution in [3.05, 3.63) is 54.1 Å². The summed E-state index contributed by atoms with van der Waals surface area (Å²) < 4.78 is 10.6. The van der Waals surface area contributed by atoms with Crippen LogP contribution in [0.25, 0.3) is 0 Å². The summed E-state index contributed by atoms with van der Waals surface area (Å²) in [5, 5.41) is 22.0. The number of hydrogen-bond acceptors (Lipinski definition) is 5. The lowest BCUT2D eigenvalue weighted by Gasteiger charge is -2.20. The third-order valence-electron chi connectivity index (χ3n) is 2.96. The van der Waals surface area contributed by atoms with Crippen molar-refractivity contribution in [1.82, 2.24) is 0 Å². The number of ether oxygens (including phenoxy) is 2. The molecule has 134 valence electrons. The highest BCUT2D eigenvalue weighted by Gasteiger charge is 2.15. The zero-order chi connectivity index (χ0) is 18.7. The minimum absolute atomic E-state index is 0.272. The van der Waals surface area contributed by atoms with Crippen LogP contribution in [-0.2, 0) is 0 Å². The van der Waals surface area contributed by atoms with E-state index >= 15 is 0 Å². The zero-order valence-electron chi connectivity index (χ0n) is 14.7. The van der Waals surface area contributed by atoms with Gasteiger partial charge in [0.05, 0.1) is 0 Å². The van der Waals surface area contributed by atoms with E-state index in [9.17, 15) is 15.0 Å². The van der Waals surface area contributed by atoms with Crippen LogP contribution in [-0.4, -0.2) is 27.7 Å². The van der Waals surface area contributed by atoms with Gasteiger partial charge in [-0.25, -0.2) is 0 Å². The van der Waals surface area contributed by atoms with Crippen LogP contribution in [0.3, 0.4) is 0 Å². The van der Waals surface area contributed by atoms with Crippen LogP contribution in [0.5, 0.6) is 11.5 Å². The number of carbonyl (C=O) groups excluding carboxylic acids is 1. The molecule has 0 aliphatic rings. The van der Waals surface area contributed by atoms with E-state index in [2.05, 4.69) is 5.32 Å². The first kappa shape index (κ1) is 18.8. The largest absolute Gasteiger partial charge is 0.463 e. The fourth-order valence-corrected chi connectivity index (χ4v) is 2.06. The maximum absolute atomic E-state index is 12.3. The molecule has 0 saturated heterocycles. The van der Waals surface area contributed by atoms with Gasteiger partial charge < -0.3 is 25.0 Å². The number of rotatable bonds is 6. The molecule has 0 atom stereocenters. The van der Waals surface area contributed by atoms with Gasteiger partial charge in [0.2, 0.25) is 11.6 Å². The van der Waals surface area contributed by atoms with E-state index in [1.54, 1.807) is 48.5 Å². The van der Waals surface area contributed by atoms with Gasteiger partial charge in [0.1, 0.15) is 11.5 Å². The van der Waals surface area contributed by atoms with Crippen LogP contribution in [0, 0.1) is 0 Å². The van der Waals surface area contributed by atoms with Gasteiger partial charge in [-0.1, -0.05) is 0 Å². The number of benzene rings is 2. The average Bonchev–Trinajstić information content (AvgIpc) is 2.47. The summed E-state index contributed by atoms with van der Waals surface area (Å²) >= 11 is 0. The summed E-state index contributed by atoms with van der Waals surface area (Å²) in [7, 11) is 0. The van der Waals surface area contributed by atoms with Crippen LogP contribution in [0.1, 0.15) is 38.1 Å². The van der Waals surface area contributed by atoms with Crippen molar-refractivity contribution in [3.8, 4) is 11.5 Å². The molecular formula is C19H23NO5. The normalized spacial score (nSPS) is 11.8. The minimum atomic E-state index is -1.28. The molecule has 0 bridgehead atoms. The van der Waals surface area contributed by atoms with E-state index < -0.39 is 11.6 Å². The van der Waals surface area contributed by atoms with E-state index in [-0.39, 0.29) is 5.91 Å². The summed E-state index contributed by atoms with van der Waals surface area (Å²) in [6.45, 7) is 6.12. The summed E-state index contributed by atoms with van der Waals surface area (Å²) in [5.41, 5.74) is 1.06. The molecular weight excluding hydrogens is 322 g/mol. The van der Waals surface area contributed by atoms with Gasteiger partial charge >= 0.3 is 0 Å². The van der Waals surface area contributed by atoms with Crippen molar-refractivity contribution < 1.29 is 24.5 Å². The summed E-state index contributed by atoms with van der Waals surface area (Å²) in [6.07, 6.45) is 0. The van der Waals surface area contributed by atoms with E-state index in [1.807, 2.05) is 0 Å². The molecule has 0 radical (unpaired) electrons. The van der Waals surface area contributed by atoms with E-state index in [0.29, 0.717) is 22.7 Å². The lowest BCUT2D eigenvalue weighted by atomic mass is 10.2. The Morgan fingerprint density at radius 1 is 0.800 bits per heavy atom. The Morgan fingerprint density at radius 2 is 1.20 bits per heavy atom. The predicted octanol–water partition coefficient (Wildman–Crippen LogP) is 3.15. The standard InChI is InChI=1S/C19H23NO5/c1-18(2,22)24-15-9-5-13(6-10-15)17(21)20-14-7-11-16(12-8-14)25-19(3,4)23/h5-12,22-23H,1-4H3,(H,20,21). The number of nitrogens with one attached hydrogen (secondary N) is 1. The molecule has 0 heterocycles. The van der Waals surface area contributed by atoms with Gasteiger partial charge in [-0.15, -0.1) is 0 Å². The summed E-state index contributed by atoms with van der Waals surface area (Å²) in [6, 6.07) is 13.2. The van der Waals surface area contributed by atoms with Crippen molar-refractivity contribution in [1.29, 1.82) is 0 Å². The molecule has 0 spiro atoms. The molecule has 1 amide bonds. The molecule has 0 aliphatic carbocycles. The van der Waals surface area contributed by atoms with Crippen LogP contribution in [0.2, 0.25) is 0 Å². The highest BCUT2D eigenvalue weighted by Crippen LogP contribution is 2.21. The first-order valence-corrected chi connectivity index (χ1v) is 7.86. The molecule has 0 fully saturated rings.